The van der Waals surface area contributed by atoms with E-state index >= 15 is 0 Å². The average molecular weight is 283 g/mol. The first kappa shape index (κ1) is 14.5. The lowest BCUT2D eigenvalue weighted by atomic mass is 9.90. The molecule has 1 saturated carbocycles. The first-order chi connectivity index (χ1) is 9.13. The highest BCUT2D eigenvalue weighted by molar-refractivity contribution is 7.89. The van der Waals surface area contributed by atoms with Crippen LogP contribution in [0.4, 0.5) is 0 Å². The lowest BCUT2D eigenvalue weighted by Gasteiger charge is -2.22. The summed E-state index contributed by atoms with van der Waals surface area (Å²) in [7, 11) is -3.51. The highest BCUT2D eigenvalue weighted by Crippen LogP contribution is 2.23. The first-order valence-electron chi connectivity index (χ1n) is 6.82. The van der Waals surface area contributed by atoms with Crippen molar-refractivity contribution in [3.05, 3.63) is 29.8 Å². The Bertz CT molecular complexity index is 507. The largest absolute Gasteiger partial charge is 0.392 e. The van der Waals surface area contributed by atoms with E-state index in [0.29, 0.717) is 18.0 Å². The van der Waals surface area contributed by atoms with Crippen LogP contribution in [0.15, 0.2) is 29.2 Å². The average Bonchev–Trinajstić information content (AvgIpc) is 2.46. The number of hydrogen-bond acceptors (Lipinski definition) is 3. The second kappa shape index (κ2) is 6.50. The van der Waals surface area contributed by atoms with Gasteiger partial charge in [-0.15, -0.1) is 0 Å². The molecule has 1 aliphatic rings. The molecule has 1 aromatic rings. The summed E-state index contributed by atoms with van der Waals surface area (Å²) in [5.74, 6) is 0.449. The van der Waals surface area contributed by atoms with Gasteiger partial charge in [-0.05, 0) is 30.4 Å². The van der Waals surface area contributed by atoms with Crippen LogP contribution in [0.5, 0.6) is 0 Å². The summed E-state index contributed by atoms with van der Waals surface area (Å²) in [4.78, 5) is 0.188. The molecule has 0 amide bonds. The second-order valence-electron chi connectivity index (χ2n) is 5.12. The minimum Gasteiger partial charge on any atom is -0.392 e. The van der Waals surface area contributed by atoms with Gasteiger partial charge in [0.25, 0.3) is 0 Å². The van der Waals surface area contributed by atoms with Crippen LogP contribution in [-0.4, -0.2) is 20.1 Å². The molecule has 0 heterocycles. The fraction of sp³-hybridized carbons (Fsp3) is 0.571. The van der Waals surface area contributed by atoms with Crippen molar-refractivity contribution in [3.63, 3.8) is 0 Å². The number of sulfonamides is 1. The number of aliphatic hydroxyl groups is 1. The highest BCUT2D eigenvalue weighted by atomic mass is 32.2. The minimum atomic E-state index is -3.51. The fourth-order valence-corrected chi connectivity index (χ4v) is 3.94. The zero-order valence-corrected chi connectivity index (χ0v) is 11.8. The van der Waals surface area contributed by atoms with Crippen molar-refractivity contribution in [3.8, 4) is 0 Å². The molecule has 0 spiro atoms. The number of benzene rings is 1. The number of nitrogens with one attached hydrogen (secondary N) is 1. The van der Waals surface area contributed by atoms with Crippen molar-refractivity contribution in [2.75, 3.05) is 6.54 Å². The number of aliphatic hydroxyl groups excluding tert-OH is 1. The molecule has 0 bridgehead atoms. The SMILES string of the molecule is O=S(=O)(NCC1CCCCC1)c1ccccc1CO. The van der Waals surface area contributed by atoms with Gasteiger partial charge >= 0.3 is 0 Å². The zero-order chi connectivity index (χ0) is 13.7. The third kappa shape index (κ3) is 3.78. The van der Waals surface area contributed by atoms with Crippen molar-refractivity contribution < 1.29 is 13.5 Å². The van der Waals surface area contributed by atoms with Gasteiger partial charge in [-0.1, -0.05) is 37.5 Å². The predicted molar refractivity (Wildman–Crippen MR) is 74.1 cm³/mol. The van der Waals surface area contributed by atoms with Crippen LogP contribution in [0.2, 0.25) is 0 Å². The predicted octanol–water partition coefficient (Wildman–Crippen LogP) is 2.04. The van der Waals surface area contributed by atoms with Crippen LogP contribution < -0.4 is 4.72 Å². The van der Waals surface area contributed by atoms with Crippen LogP contribution in [-0.2, 0) is 16.6 Å². The van der Waals surface area contributed by atoms with Gasteiger partial charge in [0.2, 0.25) is 10.0 Å². The Hall–Kier alpha value is -0.910. The summed E-state index contributed by atoms with van der Waals surface area (Å²) in [5, 5.41) is 9.21. The minimum absolute atomic E-state index is 0.188. The molecule has 1 aliphatic carbocycles. The van der Waals surface area contributed by atoms with E-state index in [9.17, 15) is 13.5 Å². The maximum atomic E-state index is 12.2. The van der Waals surface area contributed by atoms with Crippen LogP contribution in [0.1, 0.15) is 37.7 Å². The standard InChI is InChI=1S/C14H21NO3S/c16-11-13-8-4-5-9-14(13)19(17,18)15-10-12-6-2-1-3-7-12/h4-5,8-9,12,15-16H,1-3,6-7,10-11H2. The number of hydrogen-bond donors (Lipinski definition) is 2. The van der Waals surface area contributed by atoms with E-state index in [1.54, 1.807) is 18.2 Å². The molecule has 0 radical (unpaired) electrons. The van der Waals surface area contributed by atoms with Crippen molar-refractivity contribution in [2.24, 2.45) is 5.92 Å². The van der Waals surface area contributed by atoms with E-state index < -0.39 is 10.0 Å². The molecule has 0 atom stereocenters. The Morgan fingerprint density at radius 1 is 1.16 bits per heavy atom. The molecule has 0 aliphatic heterocycles. The van der Waals surface area contributed by atoms with Crippen molar-refractivity contribution in [1.82, 2.24) is 4.72 Å². The molecule has 0 aromatic heterocycles. The molecule has 106 valence electrons. The van der Waals surface area contributed by atoms with Gasteiger partial charge in [0.05, 0.1) is 11.5 Å². The van der Waals surface area contributed by atoms with E-state index in [1.807, 2.05) is 0 Å². The van der Waals surface area contributed by atoms with Crippen molar-refractivity contribution in [2.45, 2.75) is 43.6 Å². The maximum Gasteiger partial charge on any atom is 0.240 e. The lowest BCUT2D eigenvalue weighted by Crippen LogP contribution is -2.31. The Balaban J connectivity index is 2.05. The molecular formula is C14H21NO3S. The summed E-state index contributed by atoms with van der Waals surface area (Å²) in [6.45, 7) is 0.239. The molecule has 5 heteroatoms. The van der Waals surface area contributed by atoms with Crippen LogP contribution >= 0.6 is 0 Å². The van der Waals surface area contributed by atoms with Gasteiger partial charge in [-0.3, -0.25) is 0 Å². The Labute approximate surface area is 114 Å². The molecule has 0 saturated heterocycles. The quantitative estimate of drug-likeness (QED) is 0.869. The van der Waals surface area contributed by atoms with Gasteiger partial charge in [0.1, 0.15) is 0 Å². The summed E-state index contributed by atoms with van der Waals surface area (Å²) >= 11 is 0. The third-order valence-electron chi connectivity index (χ3n) is 3.72. The Morgan fingerprint density at radius 2 is 1.84 bits per heavy atom. The highest BCUT2D eigenvalue weighted by Gasteiger charge is 2.20. The van der Waals surface area contributed by atoms with Crippen LogP contribution in [0.25, 0.3) is 0 Å². The molecule has 1 aromatic carbocycles. The third-order valence-corrected chi connectivity index (χ3v) is 5.24. The number of rotatable bonds is 5. The van der Waals surface area contributed by atoms with E-state index in [0.717, 1.165) is 12.8 Å². The van der Waals surface area contributed by atoms with E-state index in [4.69, 9.17) is 0 Å². The molecule has 0 unspecified atom stereocenters. The molecule has 19 heavy (non-hydrogen) atoms. The van der Waals surface area contributed by atoms with Crippen molar-refractivity contribution >= 4 is 10.0 Å². The van der Waals surface area contributed by atoms with Gasteiger partial charge in [-0.2, -0.15) is 0 Å². The Kier molecular flexibility index (Phi) is 4.96. The summed E-state index contributed by atoms with van der Waals surface area (Å²) in [6.07, 6.45) is 5.85. The van der Waals surface area contributed by atoms with Crippen LogP contribution in [0, 0.1) is 5.92 Å². The zero-order valence-electron chi connectivity index (χ0n) is 11.0. The summed E-state index contributed by atoms with van der Waals surface area (Å²) < 4.78 is 27.1. The van der Waals surface area contributed by atoms with E-state index in [1.165, 1.54) is 25.3 Å². The van der Waals surface area contributed by atoms with Gasteiger partial charge in [-0.25, -0.2) is 13.1 Å². The molecular weight excluding hydrogens is 262 g/mol. The van der Waals surface area contributed by atoms with Crippen LogP contribution in [0.3, 0.4) is 0 Å². The fourth-order valence-electron chi connectivity index (χ4n) is 2.59. The lowest BCUT2D eigenvalue weighted by molar-refractivity contribution is 0.278. The molecule has 4 nitrogen and oxygen atoms in total. The monoisotopic (exact) mass is 283 g/mol. The topological polar surface area (TPSA) is 66.4 Å². The van der Waals surface area contributed by atoms with Gasteiger partial charge in [0.15, 0.2) is 0 Å². The molecule has 2 rings (SSSR count). The smallest absolute Gasteiger partial charge is 0.240 e. The summed E-state index contributed by atoms with van der Waals surface area (Å²) in [6, 6.07) is 6.57. The second-order valence-corrected chi connectivity index (χ2v) is 6.86. The van der Waals surface area contributed by atoms with Crippen molar-refractivity contribution in [1.29, 1.82) is 0 Å². The normalized spacial score (nSPS) is 17.5. The van der Waals surface area contributed by atoms with Gasteiger partial charge < -0.3 is 5.11 Å². The van der Waals surface area contributed by atoms with Gasteiger partial charge in [0, 0.05) is 6.54 Å². The summed E-state index contributed by atoms with van der Waals surface area (Å²) in [5.41, 5.74) is 0.443. The first-order valence-corrected chi connectivity index (χ1v) is 8.30. The van der Waals surface area contributed by atoms with E-state index in [2.05, 4.69) is 4.72 Å². The molecule has 1 fully saturated rings. The maximum absolute atomic E-state index is 12.2. The molecule has 2 N–H and O–H groups in total. The Morgan fingerprint density at radius 3 is 2.53 bits per heavy atom. The van der Waals surface area contributed by atoms with E-state index in [-0.39, 0.29) is 11.5 Å².